The van der Waals surface area contributed by atoms with Crippen LogP contribution in [0.15, 0.2) is 30.4 Å². The molecule has 0 radical (unpaired) electrons. The SMILES string of the molecule is CCCc1ccc(C(=O)C=CC(=O)N2CCC(N3CCCN(C)CC3)CC2)c(OC)c1. The number of ether oxygens (including phenoxy) is 1. The molecule has 31 heavy (non-hydrogen) atoms. The summed E-state index contributed by atoms with van der Waals surface area (Å²) in [5.41, 5.74) is 1.64. The van der Waals surface area contributed by atoms with Crippen molar-refractivity contribution in [1.82, 2.24) is 14.7 Å². The van der Waals surface area contributed by atoms with Gasteiger partial charge in [-0.05, 0) is 69.6 Å². The van der Waals surface area contributed by atoms with Gasteiger partial charge in [0.15, 0.2) is 5.78 Å². The molecule has 2 heterocycles. The van der Waals surface area contributed by atoms with Crippen LogP contribution in [0.3, 0.4) is 0 Å². The fourth-order valence-corrected chi connectivity index (χ4v) is 4.61. The molecule has 2 saturated heterocycles. The maximum atomic E-state index is 12.7. The minimum atomic E-state index is -0.197. The standard InChI is InChI=1S/C25H37N3O3/c1-4-6-20-7-8-22(24(19-20)31-3)23(29)9-10-25(30)28-15-11-21(12-16-28)27-14-5-13-26(2)17-18-27/h7-10,19,21H,4-6,11-18H2,1-3H3. The van der Waals surface area contributed by atoms with Gasteiger partial charge in [0.1, 0.15) is 5.75 Å². The van der Waals surface area contributed by atoms with Crippen LogP contribution in [0.5, 0.6) is 5.75 Å². The number of rotatable bonds is 7. The molecule has 0 atom stereocenters. The summed E-state index contributed by atoms with van der Waals surface area (Å²) in [7, 11) is 3.76. The molecule has 1 amide bonds. The lowest BCUT2D eigenvalue weighted by Crippen LogP contribution is -2.47. The number of likely N-dealkylation sites (N-methyl/N-ethyl adjacent to an activating group) is 1. The van der Waals surface area contributed by atoms with Crippen molar-refractivity contribution in [3.05, 3.63) is 41.5 Å². The minimum absolute atomic E-state index is 0.0797. The van der Waals surface area contributed by atoms with E-state index in [0.29, 0.717) is 17.4 Å². The third kappa shape index (κ3) is 6.40. The Morgan fingerprint density at radius 3 is 2.55 bits per heavy atom. The average Bonchev–Trinajstić information content (AvgIpc) is 3.02. The Morgan fingerprint density at radius 2 is 1.84 bits per heavy atom. The molecule has 170 valence electrons. The molecule has 1 aromatic rings. The van der Waals surface area contributed by atoms with Gasteiger partial charge < -0.3 is 14.5 Å². The van der Waals surface area contributed by atoms with Gasteiger partial charge in [0, 0.05) is 38.3 Å². The van der Waals surface area contributed by atoms with E-state index in [2.05, 4.69) is 23.8 Å². The molecule has 1 aromatic carbocycles. The number of allylic oxidation sites excluding steroid dienone is 1. The monoisotopic (exact) mass is 427 g/mol. The number of piperidine rings is 1. The van der Waals surface area contributed by atoms with Crippen molar-refractivity contribution in [2.75, 3.05) is 53.4 Å². The van der Waals surface area contributed by atoms with Gasteiger partial charge in [-0.2, -0.15) is 0 Å². The maximum absolute atomic E-state index is 12.7. The predicted octanol–water partition coefficient (Wildman–Crippen LogP) is 3.02. The second-order valence-corrected chi connectivity index (χ2v) is 8.73. The molecule has 0 unspecified atom stereocenters. The maximum Gasteiger partial charge on any atom is 0.246 e. The van der Waals surface area contributed by atoms with Gasteiger partial charge in [0.05, 0.1) is 12.7 Å². The molecule has 2 aliphatic heterocycles. The second-order valence-electron chi connectivity index (χ2n) is 8.73. The van der Waals surface area contributed by atoms with Crippen molar-refractivity contribution < 1.29 is 14.3 Å². The zero-order chi connectivity index (χ0) is 22.2. The molecule has 0 aliphatic carbocycles. The number of aryl methyl sites for hydroxylation is 1. The Hall–Kier alpha value is -2.18. The zero-order valence-corrected chi connectivity index (χ0v) is 19.3. The summed E-state index contributed by atoms with van der Waals surface area (Å²) in [6.45, 7) is 8.17. The van der Waals surface area contributed by atoms with E-state index in [1.807, 2.05) is 17.0 Å². The first kappa shape index (κ1) is 23.5. The molecule has 6 nitrogen and oxygen atoms in total. The van der Waals surface area contributed by atoms with Crippen molar-refractivity contribution in [2.45, 2.75) is 45.1 Å². The largest absolute Gasteiger partial charge is 0.496 e. The second kappa shape index (κ2) is 11.4. The molecule has 2 aliphatic rings. The Labute approximate surface area is 186 Å². The number of carbonyl (C=O) groups excluding carboxylic acids is 2. The number of carbonyl (C=O) groups is 2. The summed E-state index contributed by atoms with van der Waals surface area (Å²) in [5, 5.41) is 0. The van der Waals surface area contributed by atoms with Gasteiger partial charge >= 0.3 is 0 Å². The van der Waals surface area contributed by atoms with E-state index in [1.54, 1.807) is 13.2 Å². The normalized spacial score (nSPS) is 19.5. The summed E-state index contributed by atoms with van der Waals surface area (Å²) in [6, 6.07) is 6.23. The van der Waals surface area contributed by atoms with E-state index in [-0.39, 0.29) is 11.7 Å². The van der Waals surface area contributed by atoms with Crippen LogP contribution >= 0.6 is 0 Å². The number of methoxy groups -OCH3 is 1. The lowest BCUT2D eigenvalue weighted by Gasteiger charge is -2.37. The van der Waals surface area contributed by atoms with Gasteiger partial charge in [-0.15, -0.1) is 0 Å². The van der Waals surface area contributed by atoms with E-state index in [9.17, 15) is 9.59 Å². The number of ketones is 1. The molecule has 2 fully saturated rings. The van der Waals surface area contributed by atoms with Crippen LogP contribution in [0.25, 0.3) is 0 Å². The van der Waals surface area contributed by atoms with Gasteiger partial charge in [0.25, 0.3) is 0 Å². The molecule has 0 aromatic heterocycles. The van der Waals surface area contributed by atoms with E-state index in [0.717, 1.165) is 64.0 Å². The van der Waals surface area contributed by atoms with Crippen molar-refractivity contribution in [1.29, 1.82) is 0 Å². The van der Waals surface area contributed by atoms with E-state index in [4.69, 9.17) is 4.74 Å². The quantitative estimate of drug-likeness (QED) is 0.495. The fraction of sp³-hybridized carbons (Fsp3) is 0.600. The first-order valence-corrected chi connectivity index (χ1v) is 11.6. The third-order valence-corrected chi connectivity index (χ3v) is 6.49. The summed E-state index contributed by atoms with van der Waals surface area (Å²) in [4.78, 5) is 32.2. The van der Waals surface area contributed by atoms with E-state index in [1.165, 1.54) is 25.1 Å². The van der Waals surface area contributed by atoms with Crippen molar-refractivity contribution in [3.63, 3.8) is 0 Å². The summed E-state index contributed by atoms with van der Waals surface area (Å²) >= 11 is 0. The minimum Gasteiger partial charge on any atom is -0.496 e. The van der Waals surface area contributed by atoms with Crippen LogP contribution in [-0.4, -0.2) is 85.9 Å². The number of nitrogens with zero attached hydrogens (tertiary/aromatic N) is 3. The molecular formula is C25H37N3O3. The molecule has 0 bridgehead atoms. The lowest BCUT2D eigenvalue weighted by atomic mass is 10.0. The van der Waals surface area contributed by atoms with Crippen molar-refractivity contribution in [2.24, 2.45) is 0 Å². The van der Waals surface area contributed by atoms with Crippen molar-refractivity contribution >= 4 is 11.7 Å². The predicted molar refractivity (Wildman–Crippen MR) is 124 cm³/mol. The Bertz CT molecular complexity index is 784. The number of hydrogen-bond donors (Lipinski definition) is 0. The van der Waals surface area contributed by atoms with E-state index >= 15 is 0 Å². The van der Waals surface area contributed by atoms with Crippen LogP contribution in [0.1, 0.15) is 48.5 Å². The molecule has 3 rings (SSSR count). The number of benzene rings is 1. The van der Waals surface area contributed by atoms with Crippen LogP contribution in [0, 0.1) is 0 Å². The van der Waals surface area contributed by atoms with Gasteiger partial charge in [0.2, 0.25) is 5.91 Å². The molecule has 0 saturated carbocycles. The fourth-order valence-electron chi connectivity index (χ4n) is 4.61. The zero-order valence-electron chi connectivity index (χ0n) is 19.3. The highest BCUT2D eigenvalue weighted by molar-refractivity contribution is 6.09. The first-order valence-electron chi connectivity index (χ1n) is 11.6. The molecule has 0 spiro atoms. The number of hydrogen-bond acceptors (Lipinski definition) is 5. The highest BCUT2D eigenvalue weighted by Gasteiger charge is 2.27. The van der Waals surface area contributed by atoms with Gasteiger partial charge in [-0.3, -0.25) is 14.5 Å². The Kier molecular flexibility index (Phi) is 8.67. The van der Waals surface area contributed by atoms with Crippen molar-refractivity contribution in [3.8, 4) is 5.75 Å². The van der Waals surface area contributed by atoms with Crippen LogP contribution in [-0.2, 0) is 11.2 Å². The van der Waals surface area contributed by atoms with Crippen LogP contribution in [0.4, 0.5) is 0 Å². The van der Waals surface area contributed by atoms with Crippen LogP contribution in [0.2, 0.25) is 0 Å². The summed E-state index contributed by atoms with van der Waals surface area (Å²) in [6.07, 6.45) is 8.01. The smallest absolute Gasteiger partial charge is 0.246 e. The van der Waals surface area contributed by atoms with Gasteiger partial charge in [-0.1, -0.05) is 19.4 Å². The Morgan fingerprint density at radius 1 is 1.06 bits per heavy atom. The molecule has 6 heteroatoms. The first-order chi connectivity index (χ1) is 15.0. The number of amides is 1. The van der Waals surface area contributed by atoms with Crippen LogP contribution < -0.4 is 4.74 Å². The molecular weight excluding hydrogens is 390 g/mol. The Balaban J connectivity index is 1.53. The average molecular weight is 428 g/mol. The lowest BCUT2D eigenvalue weighted by molar-refractivity contribution is -0.127. The molecule has 0 N–H and O–H groups in total. The summed E-state index contributed by atoms with van der Waals surface area (Å²) in [5.74, 6) is 0.290. The topological polar surface area (TPSA) is 53.1 Å². The van der Waals surface area contributed by atoms with Gasteiger partial charge in [-0.25, -0.2) is 0 Å². The highest BCUT2D eigenvalue weighted by Crippen LogP contribution is 2.22. The highest BCUT2D eigenvalue weighted by atomic mass is 16.5. The van der Waals surface area contributed by atoms with E-state index < -0.39 is 0 Å². The number of likely N-dealkylation sites (tertiary alicyclic amines) is 1. The summed E-state index contributed by atoms with van der Waals surface area (Å²) < 4.78 is 5.40. The third-order valence-electron chi connectivity index (χ3n) is 6.49.